The number of nitrogens with zero attached hydrogens (tertiary/aromatic N) is 1. The van der Waals surface area contributed by atoms with Crippen LogP contribution >= 0.6 is 0 Å². The molecule has 0 fully saturated rings. The fourth-order valence-corrected chi connectivity index (χ4v) is 1.98. The molecule has 0 saturated carbocycles. The van der Waals surface area contributed by atoms with E-state index in [0.717, 1.165) is 5.69 Å². The van der Waals surface area contributed by atoms with Gasteiger partial charge < -0.3 is 10.1 Å². The molecule has 0 aliphatic heterocycles. The Hall–Kier alpha value is -1.91. The zero-order valence-corrected chi connectivity index (χ0v) is 12.7. The molecular weight excluding hydrogens is 256 g/mol. The molecule has 110 valence electrons. The Morgan fingerprint density at radius 2 is 2.00 bits per heavy atom. The Kier molecular flexibility index (Phi) is 5.67. The summed E-state index contributed by atoms with van der Waals surface area (Å²) < 4.78 is 4.97. The lowest BCUT2D eigenvalue weighted by molar-refractivity contribution is -0.120. The first-order chi connectivity index (χ1) is 9.36. The number of aryl methyl sites for hydroxylation is 1. The third-order valence-corrected chi connectivity index (χ3v) is 2.95. The van der Waals surface area contributed by atoms with Crippen LogP contribution in [0.15, 0.2) is 12.1 Å². The zero-order chi connectivity index (χ0) is 15.3. The molecule has 0 spiro atoms. The minimum Gasteiger partial charge on any atom is -0.462 e. The molecule has 1 amide bonds. The lowest BCUT2D eigenvalue weighted by Crippen LogP contribution is -2.30. The van der Waals surface area contributed by atoms with Crippen LogP contribution in [0.1, 0.15) is 55.5 Å². The van der Waals surface area contributed by atoms with E-state index in [1.165, 1.54) is 6.92 Å². The van der Waals surface area contributed by atoms with Gasteiger partial charge in [0.1, 0.15) is 0 Å². The highest BCUT2D eigenvalue weighted by atomic mass is 16.5. The summed E-state index contributed by atoms with van der Waals surface area (Å²) in [5.41, 5.74) is 1.82. The third-order valence-electron chi connectivity index (χ3n) is 2.95. The molecule has 1 aromatic heterocycles. The summed E-state index contributed by atoms with van der Waals surface area (Å²) in [6.45, 7) is 9.37. The predicted octanol–water partition coefficient (Wildman–Crippen LogP) is 2.40. The van der Waals surface area contributed by atoms with Crippen LogP contribution in [-0.4, -0.2) is 23.5 Å². The molecule has 0 saturated heterocycles. The summed E-state index contributed by atoms with van der Waals surface area (Å²) >= 11 is 0. The molecule has 1 rings (SSSR count). The highest BCUT2D eigenvalue weighted by Gasteiger charge is 2.20. The first kappa shape index (κ1) is 16.1. The largest absolute Gasteiger partial charge is 0.462 e. The Morgan fingerprint density at radius 1 is 1.35 bits per heavy atom. The van der Waals surface area contributed by atoms with Crippen LogP contribution in [-0.2, 0) is 9.53 Å². The molecule has 1 unspecified atom stereocenters. The lowest BCUT2D eigenvalue weighted by atomic mass is 9.99. The molecular formula is C15H22N2O3. The number of carbonyl (C=O) groups is 2. The Bertz CT molecular complexity index is 498. The van der Waals surface area contributed by atoms with E-state index in [4.69, 9.17) is 4.74 Å². The molecule has 1 N–H and O–H groups in total. The van der Waals surface area contributed by atoms with Gasteiger partial charge in [-0.25, -0.2) is 4.79 Å². The molecule has 1 heterocycles. The first-order valence-corrected chi connectivity index (χ1v) is 6.78. The molecule has 0 aliphatic carbocycles. The maximum Gasteiger partial charge on any atom is 0.339 e. The average Bonchev–Trinajstić information content (AvgIpc) is 2.35. The van der Waals surface area contributed by atoms with Crippen molar-refractivity contribution in [3.05, 3.63) is 29.1 Å². The number of amides is 1. The monoisotopic (exact) mass is 278 g/mol. The molecule has 1 aromatic rings. The van der Waals surface area contributed by atoms with Gasteiger partial charge in [0.05, 0.1) is 29.6 Å². The standard InChI is InChI=1S/C15H22N2O3/c1-6-20-15(19)12-7-8-13(16-10(12)4)14(9(2)3)17-11(5)18/h7-9,14H,6H2,1-5H3,(H,17,18). The second-order valence-corrected chi connectivity index (χ2v) is 5.01. The molecule has 0 radical (unpaired) electrons. The summed E-state index contributed by atoms with van der Waals surface area (Å²) in [5, 5.41) is 2.88. The number of carbonyl (C=O) groups excluding carboxylic acids is 2. The number of hydrogen-bond donors (Lipinski definition) is 1. The number of nitrogens with one attached hydrogen (secondary N) is 1. The van der Waals surface area contributed by atoms with Crippen molar-refractivity contribution in [2.45, 2.75) is 40.7 Å². The molecule has 20 heavy (non-hydrogen) atoms. The van der Waals surface area contributed by atoms with E-state index in [2.05, 4.69) is 10.3 Å². The van der Waals surface area contributed by atoms with Crippen molar-refractivity contribution in [1.82, 2.24) is 10.3 Å². The van der Waals surface area contributed by atoms with E-state index in [1.807, 2.05) is 13.8 Å². The van der Waals surface area contributed by atoms with E-state index in [1.54, 1.807) is 26.0 Å². The third kappa shape index (κ3) is 4.05. The van der Waals surface area contributed by atoms with Crippen molar-refractivity contribution in [3.8, 4) is 0 Å². The molecule has 0 aliphatic rings. The number of hydrogen-bond acceptors (Lipinski definition) is 4. The fourth-order valence-electron chi connectivity index (χ4n) is 1.98. The van der Waals surface area contributed by atoms with Gasteiger partial charge in [-0.05, 0) is 31.9 Å². The molecule has 0 aromatic carbocycles. The minimum atomic E-state index is -0.371. The van der Waals surface area contributed by atoms with Crippen molar-refractivity contribution in [3.63, 3.8) is 0 Å². The van der Waals surface area contributed by atoms with E-state index in [9.17, 15) is 9.59 Å². The highest BCUT2D eigenvalue weighted by Crippen LogP contribution is 2.21. The fraction of sp³-hybridized carbons (Fsp3) is 0.533. The molecule has 0 bridgehead atoms. The average molecular weight is 278 g/mol. The summed E-state index contributed by atoms with van der Waals surface area (Å²) in [7, 11) is 0. The second-order valence-electron chi connectivity index (χ2n) is 5.01. The van der Waals surface area contributed by atoms with Gasteiger partial charge in [0, 0.05) is 6.92 Å². The van der Waals surface area contributed by atoms with Crippen molar-refractivity contribution >= 4 is 11.9 Å². The van der Waals surface area contributed by atoms with Gasteiger partial charge in [0.15, 0.2) is 0 Å². The van der Waals surface area contributed by atoms with Gasteiger partial charge in [0.25, 0.3) is 0 Å². The Labute approximate surface area is 119 Å². The predicted molar refractivity (Wildman–Crippen MR) is 76.3 cm³/mol. The minimum absolute atomic E-state index is 0.0994. The maximum absolute atomic E-state index is 11.7. The van der Waals surface area contributed by atoms with Crippen molar-refractivity contribution in [1.29, 1.82) is 0 Å². The van der Waals surface area contributed by atoms with Gasteiger partial charge in [-0.3, -0.25) is 9.78 Å². The topological polar surface area (TPSA) is 68.3 Å². The summed E-state index contributed by atoms with van der Waals surface area (Å²) in [4.78, 5) is 27.4. The first-order valence-electron chi connectivity index (χ1n) is 6.78. The summed E-state index contributed by atoms with van der Waals surface area (Å²) in [6.07, 6.45) is 0. The normalized spacial score (nSPS) is 12.1. The van der Waals surface area contributed by atoms with Gasteiger partial charge in [-0.2, -0.15) is 0 Å². The van der Waals surface area contributed by atoms with Crippen LogP contribution in [0.3, 0.4) is 0 Å². The van der Waals surface area contributed by atoms with E-state index >= 15 is 0 Å². The SMILES string of the molecule is CCOC(=O)c1ccc(C(NC(C)=O)C(C)C)nc1C. The number of rotatable bonds is 5. The maximum atomic E-state index is 11.7. The van der Waals surface area contributed by atoms with Gasteiger partial charge >= 0.3 is 5.97 Å². The van der Waals surface area contributed by atoms with Crippen molar-refractivity contribution < 1.29 is 14.3 Å². The van der Waals surface area contributed by atoms with Gasteiger partial charge in [-0.15, -0.1) is 0 Å². The lowest BCUT2D eigenvalue weighted by Gasteiger charge is -2.22. The number of pyridine rings is 1. The van der Waals surface area contributed by atoms with Crippen LogP contribution < -0.4 is 5.32 Å². The van der Waals surface area contributed by atoms with Gasteiger partial charge in [-0.1, -0.05) is 13.8 Å². The van der Waals surface area contributed by atoms with Crippen LogP contribution in [0.25, 0.3) is 0 Å². The smallest absolute Gasteiger partial charge is 0.339 e. The molecule has 1 atom stereocenters. The van der Waals surface area contributed by atoms with E-state index in [-0.39, 0.29) is 23.8 Å². The highest BCUT2D eigenvalue weighted by molar-refractivity contribution is 5.90. The summed E-state index contributed by atoms with van der Waals surface area (Å²) in [5.74, 6) is -0.262. The quantitative estimate of drug-likeness (QED) is 0.840. The summed E-state index contributed by atoms with van der Waals surface area (Å²) in [6, 6.07) is 3.30. The van der Waals surface area contributed by atoms with Crippen molar-refractivity contribution in [2.75, 3.05) is 6.61 Å². The van der Waals surface area contributed by atoms with E-state index < -0.39 is 0 Å². The van der Waals surface area contributed by atoms with Crippen LogP contribution in [0, 0.1) is 12.8 Å². The zero-order valence-electron chi connectivity index (χ0n) is 12.7. The van der Waals surface area contributed by atoms with Gasteiger partial charge in [0.2, 0.25) is 5.91 Å². The Balaban J connectivity index is 3.05. The number of esters is 1. The van der Waals surface area contributed by atoms with E-state index in [0.29, 0.717) is 17.9 Å². The van der Waals surface area contributed by atoms with Crippen LogP contribution in [0.4, 0.5) is 0 Å². The van der Waals surface area contributed by atoms with Crippen molar-refractivity contribution in [2.24, 2.45) is 5.92 Å². The van der Waals surface area contributed by atoms with Crippen LogP contribution in [0.2, 0.25) is 0 Å². The number of aromatic nitrogens is 1. The second kappa shape index (κ2) is 7.03. The van der Waals surface area contributed by atoms with Crippen LogP contribution in [0.5, 0.6) is 0 Å². The number of ether oxygens (including phenoxy) is 1. The Morgan fingerprint density at radius 3 is 2.45 bits per heavy atom. The molecule has 5 nitrogen and oxygen atoms in total. The molecule has 5 heteroatoms.